The van der Waals surface area contributed by atoms with E-state index >= 15 is 0 Å². The van der Waals surface area contributed by atoms with Gasteiger partial charge in [-0.2, -0.15) is 13.2 Å². The van der Waals surface area contributed by atoms with Gasteiger partial charge in [0, 0.05) is 37.4 Å². The Kier molecular flexibility index (Phi) is 6.49. The van der Waals surface area contributed by atoms with Crippen LogP contribution in [-0.2, 0) is 6.54 Å². The molecule has 0 saturated carbocycles. The Morgan fingerprint density at radius 1 is 1.11 bits per heavy atom. The van der Waals surface area contributed by atoms with Gasteiger partial charge in [-0.15, -0.1) is 5.10 Å². The summed E-state index contributed by atoms with van der Waals surface area (Å²) < 4.78 is 66.5. The Bertz CT molecular complexity index is 1350. The van der Waals surface area contributed by atoms with Crippen LogP contribution in [0.5, 0.6) is 0 Å². The minimum Gasteiger partial charge on any atom is -0.350 e. The van der Waals surface area contributed by atoms with Gasteiger partial charge in [-0.1, -0.05) is 0 Å². The van der Waals surface area contributed by atoms with Crippen LogP contribution in [0.4, 0.5) is 27.9 Å². The average Bonchev–Trinajstić information content (AvgIpc) is 3.38. The summed E-state index contributed by atoms with van der Waals surface area (Å²) in [6.07, 6.45) is -2.62. The van der Waals surface area contributed by atoms with Gasteiger partial charge in [0.1, 0.15) is 11.3 Å². The summed E-state index contributed by atoms with van der Waals surface area (Å²) in [7, 11) is 0. The van der Waals surface area contributed by atoms with Crippen molar-refractivity contribution in [3.8, 4) is 11.3 Å². The number of rotatable bonds is 7. The summed E-state index contributed by atoms with van der Waals surface area (Å²) in [6.45, 7) is 2.38. The van der Waals surface area contributed by atoms with Crippen molar-refractivity contribution < 1.29 is 22.0 Å². The second-order valence-corrected chi connectivity index (χ2v) is 8.97. The van der Waals surface area contributed by atoms with E-state index in [9.17, 15) is 22.0 Å². The summed E-state index contributed by atoms with van der Waals surface area (Å²) in [6, 6.07) is 5.45. The van der Waals surface area contributed by atoms with Gasteiger partial charge < -0.3 is 14.8 Å². The van der Waals surface area contributed by atoms with E-state index in [-0.39, 0.29) is 12.6 Å². The van der Waals surface area contributed by atoms with E-state index < -0.39 is 25.6 Å². The van der Waals surface area contributed by atoms with Crippen LogP contribution >= 0.6 is 0 Å². The predicted octanol–water partition coefficient (Wildman–Crippen LogP) is 4.54. The molecular formula is C23H25F5N8. The molecule has 0 unspecified atom stereocenters. The summed E-state index contributed by atoms with van der Waals surface area (Å²) >= 11 is 0. The fourth-order valence-electron chi connectivity index (χ4n) is 4.57. The molecule has 0 atom stereocenters. The van der Waals surface area contributed by atoms with E-state index in [2.05, 4.69) is 25.4 Å². The van der Waals surface area contributed by atoms with Gasteiger partial charge in [0.15, 0.2) is 5.65 Å². The molecule has 0 aromatic carbocycles. The van der Waals surface area contributed by atoms with Gasteiger partial charge in [0.2, 0.25) is 5.95 Å². The quantitative estimate of drug-likeness (QED) is 0.370. The van der Waals surface area contributed by atoms with Crippen LogP contribution in [0.15, 0.2) is 30.6 Å². The second-order valence-electron chi connectivity index (χ2n) is 8.97. The molecule has 1 saturated heterocycles. The summed E-state index contributed by atoms with van der Waals surface area (Å²) in [5.41, 5.74) is 2.99. The van der Waals surface area contributed by atoms with Crippen molar-refractivity contribution in [3.63, 3.8) is 0 Å². The molecule has 8 nitrogen and oxygen atoms in total. The molecule has 0 radical (unpaired) electrons. The molecule has 36 heavy (non-hydrogen) atoms. The molecule has 1 N–H and O–H groups in total. The summed E-state index contributed by atoms with van der Waals surface area (Å²) in [5.74, 6) is 0.898. The maximum absolute atomic E-state index is 13.0. The van der Waals surface area contributed by atoms with Gasteiger partial charge in [-0.25, -0.2) is 28.2 Å². The van der Waals surface area contributed by atoms with E-state index in [0.717, 1.165) is 5.56 Å². The highest BCUT2D eigenvalue weighted by atomic mass is 19.4. The van der Waals surface area contributed by atoms with Crippen molar-refractivity contribution in [1.29, 1.82) is 0 Å². The highest BCUT2D eigenvalue weighted by Crippen LogP contribution is 2.27. The first-order valence-electron chi connectivity index (χ1n) is 11.7. The maximum Gasteiger partial charge on any atom is 0.390 e. The lowest BCUT2D eigenvalue weighted by Gasteiger charge is -2.32. The number of nitrogens with one attached hydrogen (secondary N) is 1. The topological polar surface area (TPSA) is 76.2 Å². The molecule has 0 aliphatic carbocycles. The van der Waals surface area contributed by atoms with Crippen molar-refractivity contribution in [2.24, 2.45) is 0 Å². The van der Waals surface area contributed by atoms with Crippen LogP contribution in [0.1, 0.15) is 25.1 Å². The van der Waals surface area contributed by atoms with E-state index in [1.54, 1.807) is 36.0 Å². The molecule has 1 aliphatic rings. The minimum absolute atomic E-state index is 0.0210. The van der Waals surface area contributed by atoms with Crippen LogP contribution in [0.25, 0.3) is 27.9 Å². The van der Waals surface area contributed by atoms with Crippen LogP contribution in [0, 0.1) is 6.92 Å². The van der Waals surface area contributed by atoms with E-state index in [0.29, 0.717) is 60.1 Å². The number of hydrogen-bond acceptors (Lipinski definition) is 6. The fourth-order valence-corrected chi connectivity index (χ4v) is 4.57. The number of aryl methyl sites for hydroxylation is 1. The number of nitrogens with zero attached hydrogens (tertiary/aromatic N) is 7. The summed E-state index contributed by atoms with van der Waals surface area (Å²) in [5, 5.41) is 7.79. The Hall–Kier alpha value is -3.35. The van der Waals surface area contributed by atoms with Crippen molar-refractivity contribution in [2.75, 3.05) is 25.0 Å². The molecule has 1 fully saturated rings. The molecule has 0 bridgehead atoms. The molecule has 1 aliphatic heterocycles. The molecule has 13 heteroatoms. The number of fused-ring (bicyclic) bond motifs is 2. The number of likely N-dealkylation sites (tertiary alicyclic amines) is 1. The maximum atomic E-state index is 13.0. The zero-order valence-corrected chi connectivity index (χ0v) is 19.5. The largest absolute Gasteiger partial charge is 0.390 e. The highest BCUT2D eigenvalue weighted by Gasteiger charge is 2.29. The smallest absolute Gasteiger partial charge is 0.350 e. The first-order chi connectivity index (χ1) is 17.2. The SMILES string of the molecule is Cc1nc2ccc(-c3ccn4nc(NC5CCN(CCC(F)(F)F)CC5)ncc34)nc2n1CC(F)F. The van der Waals surface area contributed by atoms with E-state index in [1.807, 2.05) is 11.0 Å². The molecule has 0 amide bonds. The second kappa shape index (κ2) is 9.60. The molecule has 4 aromatic heterocycles. The van der Waals surface area contributed by atoms with Gasteiger partial charge in [0.25, 0.3) is 6.43 Å². The number of alkyl halides is 5. The van der Waals surface area contributed by atoms with E-state index in [4.69, 9.17) is 0 Å². The van der Waals surface area contributed by atoms with Crippen molar-refractivity contribution in [2.45, 2.75) is 51.4 Å². The number of imidazole rings is 1. The summed E-state index contributed by atoms with van der Waals surface area (Å²) in [4.78, 5) is 15.2. The predicted molar refractivity (Wildman–Crippen MR) is 124 cm³/mol. The minimum atomic E-state index is -4.14. The highest BCUT2D eigenvalue weighted by molar-refractivity contribution is 5.82. The van der Waals surface area contributed by atoms with Gasteiger partial charge >= 0.3 is 6.18 Å². The number of halogens is 5. The Balaban J connectivity index is 1.30. The third-order valence-electron chi connectivity index (χ3n) is 6.43. The number of piperidine rings is 1. The monoisotopic (exact) mass is 508 g/mol. The van der Waals surface area contributed by atoms with Crippen LogP contribution < -0.4 is 5.32 Å². The zero-order valence-electron chi connectivity index (χ0n) is 19.5. The first kappa shape index (κ1) is 24.3. The standard InChI is InChI=1S/C23H25F5N8/c1-14-30-18-3-2-17(32-21(18)35(14)13-20(24)25)16-6-10-36-19(16)12-29-22(33-36)31-15-4-8-34(9-5-15)11-7-23(26,27)28/h2-3,6,10,12,15,20H,4-5,7-9,11,13H2,1H3,(H,31,33). The van der Waals surface area contributed by atoms with Gasteiger partial charge in [0.05, 0.1) is 30.4 Å². The molecule has 0 spiro atoms. The number of hydrogen-bond donors (Lipinski definition) is 1. The lowest BCUT2D eigenvalue weighted by atomic mass is 10.1. The van der Waals surface area contributed by atoms with Crippen molar-refractivity contribution in [1.82, 2.24) is 34.0 Å². The third-order valence-corrected chi connectivity index (χ3v) is 6.43. The zero-order chi connectivity index (χ0) is 25.4. The van der Waals surface area contributed by atoms with Crippen LogP contribution in [0.2, 0.25) is 0 Å². The fraction of sp³-hybridized carbons (Fsp3) is 0.478. The molecular weight excluding hydrogens is 483 g/mol. The Morgan fingerprint density at radius 2 is 1.89 bits per heavy atom. The number of anilines is 1. The molecule has 4 aromatic rings. The normalized spacial score (nSPS) is 16.0. The average molecular weight is 508 g/mol. The van der Waals surface area contributed by atoms with Gasteiger partial charge in [-0.05, 0) is 38.0 Å². The molecule has 192 valence electrons. The Labute approximate surface area is 203 Å². The van der Waals surface area contributed by atoms with Gasteiger partial charge in [-0.3, -0.25) is 0 Å². The van der Waals surface area contributed by atoms with E-state index in [1.165, 1.54) is 4.57 Å². The third kappa shape index (κ3) is 5.25. The number of aromatic nitrogens is 6. The van der Waals surface area contributed by atoms with Crippen LogP contribution in [-0.4, -0.2) is 72.3 Å². The number of pyridine rings is 1. The first-order valence-corrected chi connectivity index (χ1v) is 11.7. The van der Waals surface area contributed by atoms with Crippen LogP contribution in [0.3, 0.4) is 0 Å². The van der Waals surface area contributed by atoms with Crippen molar-refractivity contribution in [3.05, 3.63) is 36.4 Å². The molecule has 5 rings (SSSR count). The lowest BCUT2D eigenvalue weighted by molar-refractivity contribution is -0.138. The molecule has 5 heterocycles. The Morgan fingerprint density at radius 3 is 2.61 bits per heavy atom. The van der Waals surface area contributed by atoms with Crippen molar-refractivity contribution >= 4 is 22.6 Å². The lowest BCUT2D eigenvalue weighted by Crippen LogP contribution is -2.40.